The molecule has 3 N–H and O–H groups in total. The molecule has 142 valence electrons. The number of rotatable bonds is 5. The molecule has 0 aliphatic rings. The molecule has 3 aromatic carbocycles. The molecule has 0 aromatic heterocycles. The Hall–Kier alpha value is -2.39. The highest BCUT2D eigenvalue weighted by Gasteiger charge is 2.20. The molecule has 0 atom stereocenters. The van der Waals surface area contributed by atoms with Gasteiger partial charge in [-0.2, -0.15) is 0 Å². The fourth-order valence-electron chi connectivity index (χ4n) is 2.72. The zero-order valence-corrected chi connectivity index (χ0v) is 16.2. The molecule has 0 saturated carbocycles. The van der Waals surface area contributed by atoms with Crippen molar-refractivity contribution in [2.75, 3.05) is 0 Å². The molecule has 0 unspecified atom stereocenters. The average molecular weight is 384 g/mol. The van der Waals surface area contributed by atoms with Crippen LogP contribution in [0.5, 0.6) is 5.75 Å². The van der Waals surface area contributed by atoms with E-state index in [0.717, 1.165) is 0 Å². The van der Waals surface area contributed by atoms with Crippen LogP contribution in [-0.2, 0) is 11.0 Å². The molecule has 0 aliphatic heterocycles. The van der Waals surface area contributed by atoms with Crippen LogP contribution < -0.4 is 5.30 Å². The van der Waals surface area contributed by atoms with Gasteiger partial charge in [0.05, 0.1) is 0 Å². The standard InChI is InChI=1S/C16H18.C6H7O4P/c1-2-3-9-14-12-7-8-13-16(14)15-10-5-4-6-11-15;7-5-3-1-2-4-6(5)11(8,9)10/h4-8,10-13H,2-3,9H2,1H3;1-4,7H,(H2,8,9,10). The normalized spacial score (nSPS) is 10.8. The molecular weight excluding hydrogens is 359 g/mol. The maximum atomic E-state index is 10.6. The van der Waals surface area contributed by atoms with Gasteiger partial charge in [0.2, 0.25) is 0 Å². The summed E-state index contributed by atoms with van der Waals surface area (Å²) in [5.41, 5.74) is 4.18. The number of hydrogen-bond acceptors (Lipinski definition) is 2. The Morgan fingerprint density at radius 2 is 1.41 bits per heavy atom. The van der Waals surface area contributed by atoms with E-state index in [1.807, 2.05) is 0 Å². The first-order valence-corrected chi connectivity index (χ1v) is 10.5. The molecule has 3 aromatic rings. The van der Waals surface area contributed by atoms with E-state index in [1.54, 1.807) is 0 Å². The Kier molecular flexibility index (Phi) is 7.81. The number of phenolic OH excluding ortho intramolecular Hbond substituents is 1. The van der Waals surface area contributed by atoms with Gasteiger partial charge in [-0.3, -0.25) is 4.57 Å². The molecule has 27 heavy (non-hydrogen) atoms. The number of hydrogen-bond donors (Lipinski definition) is 3. The van der Waals surface area contributed by atoms with Crippen LogP contribution in [0.25, 0.3) is 11.1 Å². The average Bonchev–Trinajstić information content (AvgIpc) is 2.67. The van der Waals surface area contributed by atoms with Gasteiger partial charge in [-0.05, 0) is 41.7 Å². The molecule has 0 saturated heterocycles. The lowest BCUT2D eigenvalue weighted by Crippen LogP contribution is -2.02. The van der Waals surface area contributed by atoms with Crippen LogP contribution in [-0.4, -0.2) is 14.9 Å². The van der Waals surface area contributed by atoms with Crippen molar-refractivity contribution in [1.82, 2.24) is 0 Å². The molecule has 0 radical (unpaired) electrons. The first kappa shape index (κ1) is 20.9. The van der Waals surface area contributed by atoms with Crippen LogP contribution in [0.1, 0.15) is 25.3 Å². The predicted molar refractivity (Wildman–Crippen MR) is 110 cm³/mol. The van der Waals surface area contributed by atoms with Gasteiger partial charge >= 0.3 is 7.60 Å². The molecule has 0 amide bonds. The van der Waals surface area contributed by atoms with Crippen LogP contribution in [0.3, 0.4) is 0 Å². The second-order valence-electron chi connectivity index (χ2n) is 6.16. The lowest BCUT2D eigenvalue weighted by Gasteiger charge is -2.08. The molecule has 0 aliphatic carbocycles. The van der Waals surface area contributed by atoms with Crippen molar-refractivity contribution in [1.29, 1.82) is 0 Å². The number of benzene rings is 3. The third-order valence-electron chi connectivity index (χ3n) is 4.10. The molecule has 0 spiro atoms. The quantitative estimate of drug-likeness (QED) is 0.547. The van der Waals surface area contributed by atoms with E-state index < -0.39 is 7.60 Å². The Balaban J connectivity index is 0.000000208. The monoisotopic (exact) mass is 384 g/mol. The molecule has 0 heterocycles. The van der Waals surface area contributed by atoms with E-state index >= 15 is 0 Å². The maximum absolute atomic E-state index is 10.6. The fourth-order valence-corrected chi connectivity index (χ4v) is 3.37. The van der Waals surface area contributed by atoms with Crippen LogP contribution in [0.15, 0.2) is 78.9 Å². The van der Waals surface area contributed by atoms with Crippen LogP contribution >= 0.6 is 7.60 Å². The summed E-state index contributed by atoms with van der Waals surface area (Å²) in [6.45, 7) is 2.24. The van der Waals surface area contributed by atoms with E-state index in [0.29, 0.717) is 0 Å². The smallest absolute Gasteiger partial charge is 0.359 e. The second-order valence-corrected chi connectivity index (χ2v) is 7.73. The van der Waals surface area contributed by atoms with Crippen LogP contribution in [0, 0.1) is 0 Å². The summed E-state index contributed by atoms with van der Waals surface area (Å²) >= 11 is 0. The Labute approximate surface area is 160 Å². The summed E-state index contributed by atoms with van der Waals surface area (Å²) < 4.78 is 10.6. The first-order chi connectivity index (χ1) is 12.9. The molecule has 0 fully saturated rings. The fraction of sp³-hybridized carbons (Fsp3) is 0.182. The van der Waals surface area contributed by atoms with E-state index in [1.165, 1.54) is 60.2 Å². The van der Waals surface area contributed by atoms with E-state index in [9.17, 15) is 4.57 Å². The van der Waals surface area contributed by atoms with E-state index in [2.05, 4.69) is 61.5 Å². The number of phenols is 1. The largest absolute Gasteiger partial charge is 0.507 e. The van der Waals surface area contributed by atoms with Gasteiger partial charge < -0.3 is 14.9 Å². The molecule has 0 bridgehead atoms. The topological polar surface area (TPSA) is 77.8 Å². The van der Waals surface area contributed by atoms with Gasteiger partial charge in [0, 0.05) is 0 Å². The molecule has 5 heteroatoms. The van der Waals surface area contributed by atoms with Crippen molar-refractivity contribution in [2.45, 2.75) is 26.2 Å². The summed E-state index contributed by atoms with van der Waals surface area (Å²) in [5.74, 6) is -0.374. The van der Waals surface area contributed by atoms with Crippen LogP contribution in [0.2, 0.25) is 0 Å². The van der Waals surface area contributed by atoms with E-state index in [-0.39, 0.29) is 11.1 Å². The van der Waals surface area contributed by atoms with Gasteiger partial charge in [-0.25, -0.2) is 0 Å². The van der Waals surface area contributed by atoms with Crippen molar-refractivity contribution >= 4 is 12.9 Å². The summed E-state index contributed by atoms with van der Waals surface area (Å²) in [5, 5.41) is 8.62. The summed E-state index contributed by atoms with van der Waals surface area (Å²) in [4.78, 5) is 17.2. The minimum atomic E-state index is -4.31. The van der Waals surface area contributed by atoms with Gasteiger partial charge in [0.25, 0.3) is 0 Å². The minimum Gasteiger partial charge on any atom is -0.507 e. The highest BCUT2D eigenvalue weighted by atomic mass is 31.2. The van der Waals surface area contributed by atoms with Crippen LogP contribution in [0.4, 0.5) is 0 Å². The van der Waals surface area contributed by atoms with Crippen molar-refractivity contribution in [3.8, 4) is 16.9 Å². The maximum Gasteiger partial charge on any atom is 0.359 e. The Morgan fingerprint density at radius 3 is 2.00 bits per heavy atom. The third-order valence-corrected chi connectivity index (χ3v) is 5.10. The molecular formula is C22H25O4P. The Morgan fingerprint density at radius 1 is 0.815 bits per heavy atom. The SMILES string of the molecule is CCCCc1ccccc1-c1ccccc1.O=P(O)(O)c1ccccc1O. The predicted octanol–water partition coefficient (Wildman–Crippen LogP) is 4.89. The number of para-hydroxylation sites is 1. The summed E-state index contributed by atoms with van der Waals surface area (Å²) in [6.07, 6.45) is 3.70. The number of aromatic hydroxyl groups is 1. The highest BCUT2D eigenvalue weighted by molar-refractivity contribution is 7.60. The second kappa shape index (κ2) is 10.1. The van der Waals surface area contributed by atoms with Crippen molar-refractivity contribution in [3.05, 3.63) is 84.4 Å². The zero-order valence-electron chi connectivity index (χ0n) is 15.3. The molecule has 4 nitrogen and oxygen atoms in total. The first-order valence-electron chi connectivity index (χ1n) is 8.91. The lowest BCUT2D eigenvalue weighted by atomic mass is 9.96. The minimum absolute atomic E-state index is 0.333. The van der Waals surface area contributed by atoms with Gasteiger partial charge in [0.1, 0.15) is 11.1 Å². The number of aryl methyl sites for hydroxylation is 1. The van der Waals surface area contributed by atoms with Crippen molar-refractivity contribution in [3.63, 3.8) is 0 Å². The highest BCUT2D eigenvalue weighted by Crippen LogP contribution is 2.36. The third kappa shape index (κ3) is 6.37. The van der Waals surface area contributed by atoms with Crippen molar-refractivity contribution < 1.29 is 19.5 Å². The number of unbranched alkanes of at least 4 members (excludes halogenated alkanes) is 1. The Bertz CT molecular complexity index is 888. The van der Waals surface area contributed by atoms with Gasteiger partial charge in [-0.15, -0.1) is 0 Å². The van der Waals surface area contributed by atoms with E-state index in [4.69, 9.17) is 14.9 Å². The van der Waals surface area contributed by atoms with Gasteiger partial charge in [0.15, 0.2) is 0 Å². The summed E-state index contributed by atoms with van der Waals surface area (Å²) in [7, 11) is -4.31. The molecule has 3 rings (SSSR count). The van der Waals surface area contributed by atoms with Crippen molar-refractivity contribution in [2.24, 2.45) is 0 Å². The zero-order chi connectivity index (χ0) is 19.7. The summed E-state index contributed by atoms with van der Waals surface area (Å²) in [6, 6.07) is 24.7. The van der Waals surface area contributed by atoms with Gasteiger partial charge in [-0.1, -0.05) is 80.1 Å². The lowest BCUT2D eigenvalue weighted by molar-refractivity contribution is 0.384.